The van der Waals surface area contributed by atoms with Crippen molar-refractivity contribution in [3.63, 3.8) is 0 Å². The lowest BCUT2D eigenvalue weighted by molar-refractivity contribution is 0.0926. The van der Waals surface area contributed by atoms with Gasteiger partial charge in [-0.1, -0.05) is 46.9 Å². The van der Waals surface area contributed by atoms with Crippen LogP contribution in [0.1, 0.15) is 20.7 Å². The molecule has 0 fully saturated rings. The van der Waals surface area contributed by atoms with Crippen LogP contribution in [-0.4, -0.2) is 11.8 Å². The summed E-state index contributed by atoms with van der Waals surface area (Å²) in [4.78, 5) is 25.6. The lowest BCUT2D eigenvalue weighted by Crippen LogP contribution is -2.29. The van der Waals surface area contributed by atoms with Gasteiger partial charge in [0.25, 0.3) is 11.8 Å². The summed E-state index contributed by atoms with van der Waals surface area (Å²) in [7, 11) is 0. The molecule has 3 rings (SSSR count). The van der Waals surface area contributed by atoms with Gasteiger partial charge in [0, 0.05) is 0 Å². The summed E-state index contributed by atoms with van der Waals surface area (Å²) in [5, 5.41) is 0.560. The van der Waals surface area contributed by atoms with Gasteiger partial charge in [0.15, 0.2) is 0 Å². The van der Waals surface area contributed by atoms with E-state index < -0.39 is 11.8 Å². The van der Waals surface area contributed by atoms with E-state index in [1.54, 1.807) is 24.3 Å². The van der Waals surface area contributed by atoms with Crippen LogP contribution < -0.4 is 4.90 Å². The molecule has 0 aromatic heterocycles. The molecule has 0 atom stereocenters. The Labute approximate surface area is 129 Å². The van der Waals surface area contributed by atoms with Gasteiger partial charge in [0.05, 0.1) is 31.9 Å². The van der Waals surface area contributed by atoms with Crippen LogP contribution in [-0.2, 0) is 0 Å². The van der Waals surface area contributed by atoms with E-state index in [0.29, 0.717) is 16.8 Å². The van der Waals surface area contributed by atoms with Crippen molar-refractivity contribution in [2.75, 3.05) is 4.90 Å². The highest BCUT2D eigenvalue weighted by Crippen LogP contribution is 2.37. The van der Waals surface area contributed by atoms with Gasteiger partial charge in [0.1, 0.15) is 0 Å². The second-order valence-electron chi connectivity index (χ2n) is 4.21. The summed E-state index contributed by atoms with van der Waals surface area (Å²) >= 11 is 17.7. The van der Waals surface area contributed by atoms with E-state index in [-0.39, 0.29) is 15.1 Å². The second kappa shape index (κ2) is 4.77. The van der Waals surface area contributed by atoms with Crippen molar-refractivity contribution in [2.24, 2.45) is 0 Å². The number of fused-ring (bicyclic) bond motifs is 1. The molecule has 0 saturated carbocycles. The van der Waals surface area contributed by atoms with E-state index in [1.807, 2.05) is 0 Å². The molecule has 2 aromatic rings. The highest BCUT2D eigenvalue weighted by Gasteiger charge is 2.36. The molecule has 0 unspecified atom stereocenters. The molecule has 0 aliphatic carbocycles. The fourth-order valence-electron chi connectivity index (χ4n) is 2.09. The molecule has 6 heteroatoms. The van der Waals surface area contributed by atoms with Gasteiger partial charge >= 0.3 is 0 Å². The maximum Gasteiger partial charge on any atom is 0.266 e. The average molecular weight is 327 g/mol. The van der Waals surface area contributed by atoms with Crippen molar-refractivity contribution >= 4 is 52.3 Å². The molecule has 1 heterocycles. The number of carbonyl (C=O) groups excluding carboxylic acids is 2. The molecule has 0 radical (unpaired) electrons. The molecular weight excluding hydrogens is 321 g/mol. The van der Waals surface area contributed by atoms with Crippen molar-refractivity contribution in [3.05, 3.63) is 62.6 Å². The molecule has 0 saturated heterocycles. The van der Waals surface area contributed by atoms with Gasteiger partial charge in [-0.05, 0) is 24.3 Å². The zero-order valence-corrected chi connectivity index (χ0v) is 12.1. The minimum atomic E-state index is -0.403. The lowest BCUT2D eigenvalue weighted by Gasteiger charge is -2.15. The molecule has 3 nitrogen and oxygen atoms in total. The second-order valence-corrected chi connectivity index (χ2v) is 5.41. The predicted octanol–water partition coefficient (Wildman–Crippen LogP) is 4.45. The van der Waals surface area contributed by atoms with Crippen LogP contribution in [0.15, 0.2) is 36.4 Å². The number of rotatable bonds is 1. The summed E-state index contributed by atoms with van der Waals surface area (Å²) in [6.45, 7) is 0. The molecule has 1 aliphatic rings. The van der Waals surface area contributed by atoms with E-state index in [4.69, 9.17) is 34.8 Å². The standard InChI is InChI=1S/C14H6Cl3NO2/c15-10-5-7(6-11(16)12(10)17)18-13(19)8-3-1-2-4-9(8)14(18)20/h1-6H. The van der Waals surface area contributed by atoms with E-state index in [9.17, 15) is 9.59 Å². The molecule has 0 bridgehead atoms. The SMILES string of the molecule is O=C1c2ccccc2C(=O)N1c1cc(Cl)c(Cl)c(Cl)c1. The number of amides is 2. The number of benzene rings is 2. The van der Waals surface area contributed by atoms with Gasteiger partial charge < -0.3 is 0 Å². The normalized spacial score (nSPS) is 13.8. The van der Waals surface area contributed by atoms with E-state index in [2.05, 4.69) is 0 Å². The van der Waals surface area contributed by atoms with Crippen molar-refractivity contribution < 1.29 is 9.59 Å². The van der Waals surface area contributed by atoms with E-state index >= 15 is 0 Å². The quantitative estimate of drug-likeness (QED) is 0.573. The molecule has 20 heavy (non-hydrogen) atoms. The Morgan fingerprint density at radius 1 is 0.800 bits per heavy atom. The number of hydrogen-bond donors (Lipinski definition) is 0. The number of hydrogen-bond acceptors (Lipinski definition) is 2. The Bertz CT molecular complexity index is 700. The molecule has 100 valence electrons. The molecule has 0 spiro atoms. The van der Waals surface area contributed by atoms with Crippen molar-refractivity contribution in [1.29, 1.82) is 0 Å². The third-order valence-corrected chi connectivity index (χ3v) is 4.22. The number of halogens is 3. The zero-order valence-electron chi connectivity index (χ0n) is 9.86. The first-order chi connectivity index (χ1) is 9.50. The van der Waals surface area contributed by atoms with E-state index in [0.717, 1.165) is 4.90 Å². The number of anilines is 1. The summed E-state index contributed by atoms with van der Waals surface area (Å²) < 4.78 is 0. The topological polar surface area (TPSA) is 37.4 Å². The largest absolute Gasteiger partial charge is 0.268 e. The van der Waals surface area contributed by atoms with Crippen molar-refractivity contribution in [2.45, 2.75) is 0 Å². The maximum absolute atomic E-state index is 12.3. The minimum absolute atomic E-state index is 0.186. The minimum Gasteiger partial charge on any atom is -0.268 e. The van der Waals surface area contributed by atoms with Crippen LogP contribution in [0.3, 0.4) is 0 Å². The summed E-state index contributed by atoms with van der Waals surface area (Å²) in [6, 6.07) is 9.50. The van der Waals surface area contributed by atoms with Crippen molar-refractivity contribution in [3.8, 4) is 0 Å². The van der Waals surface area contributed by atoms with Crippen LogP contribution in [0.25, 0.3) is 0 Å². The van der Waals surface area contributed by atoms with Gasteiger partial charge in [-0.2, -0.15) is 0 Å². The van der Waals surface area contributed by atoms with Crippen LogP contribution in [0, 0.1) is 0 Å². The Hall–Kier alpha value is -1.55. The molecule has 2 aromatic carbocycles. The highest BCUT2D eigenvalue weighted by molar-refractivity contribution is 6.48. The Morgan fingerprint density at radius 2 is 1.25 bits per heavy atom. The maximum atomic E-state index is 12.3. The number of imide groups is 1. The first-order valence-electron chi connectivity index (χ1n) is 5.63. The van der Waals surface area contributed by atoms with E-state index in [1.165, 1.54) is 12.1 Å². The monoisotopic (exact) mass is 325 g/mol. The summed E-state index contributed by atoms with van der Waals surface area (Å²) in [5.74, 6) is -0.805. The Morgan fingerprint density at radius 3 is 1.70 bits per heavy atom. The van der Waals surface area contributed by atoms with Crippen LogP contribution in [0.4, 0.5) is 5.69 Å². The summed E-state index contributed by atoms with van der Waals surface area (Å²) in [6.07, 6.45) is 0. The molecule has 1 aliphatic heterocycles. The van der Waals surface area contributed by atoms with Crippen molar-refractivity contribution in [1.82, 2.24) is 0 Å². The Kier molecular flexibility index (Phi) is 3.21. The highest BCUT2D eigenvalue weighted by atomic mass is 35.5. The number of carbonyl (C=O) groups is 2. The third kappa shape index (κ3) is 1.90. The average Bonchev–Trinajstić information content (AvgIpc) is 2.68. The number of nitrogens with zero attached hydrogens (tertiary/aromatic N) is 1. The van der Waals surface area contributed by atoms with Gasteiger partial charge in [-0.15, -0.1) is 0 Å². The smallest absolute Gasteiger partial charge is 0.266 e. The van der Waals surface area contributed by atoms with Gasteiger partial charge in [-0.25, -0.2) is 4.90 Å². The first kappa shape index (κ1) is 13.4. The molecule has 0 N–H and O–H groups in total. The zero-order chi connectivity index (χ0) is 14.4. The third-order valence-electron chi connectivity index (χ3n) is 3.02. The van der Waals surface area contributed by atoms with Gasteiger partial charge in [-0.3, -0.25) is 9.59 Å². The predicted molar refractivity (Wildman–Crippen MR) is 79.1 cm³/mol. The van der Waals surface area contributed by atoms with Crippen LogP contribution >= 0.6 is 34.8 Å². The van der Waals surface area contributed by atoms with Gasteiger partial charge in [0.2, 0.25) is 0 Å². The lowest BCUT2D eigenvalue weighted by atomic mass is 10.1. The fraction of sp³-hybridized carbons (Fsp3) is 0. The molecular formula is C14H6Cl3NO2. The summed E-state index contributed by atoms with van der Waals surface area (Å²) in [5.41, 5.74) is 1.02. The molecule has 2 amide bonds. The van der Waals surface area contributed by atoms with Crippen LogP contribution in [0.5, 0.6) is 0 Å². The van der Waals surface area contributed by atoms with Crippen LogP contribution in [0.2, 0.25) is 15.1 Å². The first-order valence-corrected chi connectivity index (χ1v) is 6.76. The Balaban J connectivity index is 2.14. The fourth-order valence-corrected chi connectivity index (χ4v) is 2.68.